The number of ether oxygens (including phenoxy) is 1. The summed E-state index contributed by atoms with van der Waals surface area (Å²) >= 11 is 0. The van der Waals surface area contributed by atoms with Gasteiger partial charge < -0.3 is 10.5 Å². The van der Waals surface area contributed by atoms with Crippen LogP contribution in [0.2, 0.25) is 0 Å². The summed E-state index contributed by atoms with van der Waals surface area (Å²) in [6.07, 6.45) is 1.52. The highest BCUT2D eigenvalue weighted by molar-refractivity contribution is 5.92. The predicted octanol–water partition coefficient (Wildman–Crippen LogP) is 0.374. The standard InChI is InChI=1S/C7H9N3O/c1-11-5-2-3-6(7(8)9)10-4-5/h2-4H,1H3,(H3,8,9). The molecule has 0 fully saturated rings. The Kier molecular flexibility index (Phi) is 2.06. The van der Waals surface area contributed by atoms with Gasteiger partial charge in [-0.2, -0.15) is 0 Å². The van der Waals surface area contributed by atoms with E-state index in [9.17, 15) is 0 Å². The van der Waals surface area contributed by atoms with E-state index >= 15 is 0 Å². The first-order valence-corrected chi connectivity index (χ1v) is 3.08. The Morgan fingerprint density at radius 2 is 2.36 bits per heavy atom. The van der Waals surface area contributed by atoms with Crippen LogP contribution in [0.25, 0.3) is 0 Å². The zero-order valence-electron chi connectivity index (χ0n) is 6.16. The van der Waals surface area contributed by atoms with Gasteiger partial charge in [0.25, 0.3) is 0 Å². The first kappa shape index (κ1) is 7.53. The third-order valence-electron chi connectivity index (χ3n) is 1.25. The summed E-state index contributed by atoms with van der Waals surface area (Å²) in [4.78, 5) is 3.87. The van der Waals surface area contributed by atoms with Crippen LogP contribution in [0.5, 0.6) is 5.75 Å². The fourth-order valence-electron chi connectivity index (χ4n) is 0.660. The monoisotopic (exact) mass is 151 g/mol. The van der Waals surface area contributed by atoms with Crippen molar-refractivity contribution in [3.8, 4) is 5.75 Å². The third-order valence-corrected chi connectivity index (χ3v) is 1.25. The van der Waals surface area contributed by atoms with E-state index in [-0.39, 0.29) is 5.84 Å². The van der Waals surface area contributed by atoms with Crippen LogP contribution in [0.4, 0.5) is 0 Å². The van der Waals surface area contributed by atoms with E-state index < -0.39 is 0 Å². The van der Waals surface area contributed by atoms with E-state index in [4.69, 9.17) is 15.9 Å². The molecule has 0 aliphatic rings. The van der Waals surface area contributed by atoms with Gasteiger partial charge in [-0.3, -0.25) is 5.41 Å². The molecular formula is C7H9N3O. The molecule has 0 radical (unpaired) electrons. The van der Waals surface area contributed by atoms with E-state index in [0.29, 0.717) is 11.4 Å². The zero-order valence-corrected chi connectivity index (χ0v) is 6.16. The number of nitrogens with two attached hydrogens (primary N) is 1. The molecule has 58 valence electrons. The summed E-state index contributed by atoms with van der Waals surface area (Å²) in [6.45, 7) is 0. The number of nitrogen functional groups attached to an aromatic ring is 1. The number of rotatable bonds is 2. The Morgan fingerprint density at radius 3 is 2.73 bits per heavy atom. The topological polar surface area (TPSA) is 72.0 Å². The molecule has 1 aromatic heterocycles. The molecule has 0 saturated carbocycles. The first-order valence-electron chi connectivity index (χ1n) is 3.08. The number of nitrogens with zero attached hydrogens (tertiary/aromatic N) is 1. The lowest BCUT2D eigenvalue weighted by molar-refractivity contribution is 0.413. The van der Waals surface area contributed by atoms with Gasteiger partial charge in [0.1, 0.15) is 17.3 Å². The van der Waals surface area contributed by atoms with Crippen LogP contribution in [0.15, 0.2) is 18.3 Å². The van der Waals surface area contributed by atoms with Gasteiger partial charge in [0.05, 0.1) is 13.3 Å². The summed E-state index contributed by atoms with van der Waals surface area (Å²) in [5.41, 5.74) is 5.65. The number of pyridine rings is 1. The van der Waals surface area contributed by atoms with E-state index in [0.717, 1.165) is 0 Å². The van der Waals surface area contributed by atoms with E-state index in [1.165, 1.54) is 6.20 Å². The summed E-state index contributed by atoms with van der Waals surface area (Å²) in [6, 6.07) is 3.35. The van der Waals surface area contributed by atoms with E-state index in [2.05, 4.69) is 4.98 Å². The third kappa shape index (κ3) is 1.67. The van der Waals surface area contributed by atoms with Gasteiger partial charge in [0.2, 0.25) is 0 Å². The highest BCUT2D eigenvalue weighted by atomic mass is 16.5. The molecule has 0 saturated heterocycles. The van der Waals surface area contributed by atoms with Crippen molar-refractivity contribution in [1.82, 2.24) is 4.98 Å². The van der Waals surface area contributed by atoms with Crippen molar-refractivity contribution < 1.29 is 4.74 Å². The van der Waals surface area contributed by atoms with Crippen molar-refractivity contribution in [3.05, 3.63) is 24.0 Å². The van der Waals surface area contributed by atoms with E-state index in [1.807, 2.05) is 0 Å². The molecular weight excluding hydrogens is 142 g/mol. The fourth-order valence-corrected chi connectivity index (χ4v) is 0.660. The van der Waals surface area contributed by atoms with Crippen molar-refractivity contribution in [3.63, 3.8) is 0 Å². The van der Waals surface area contributed by atoms with Crippen LogP contribution in [-0.2, 0) is 0 Å². The maximum Gasteiger partial charge on any atom is 0.141 e. The minimum absolute atomic E-state index is 0.0346. The molecule has 1 heterocycles. The predicted molar refractivity (Wildman–Crippen MR) is 41.8 cm³/mol. The minimum Gasteiger partial charge on any atom is -0.495 e. The lowest BCUT2D eigenvalue weighted by atomic mass is 10.3. The lowest BCUT2D eigenvalue weighted by Gasteiger charge is -1.99. The molecule has 4 nitrogen and oxygen atoms in total. The van der Waals surface area contributed by atoms with Crippen molar-refractivity contribution >= 4 is 5.84 Å². The fraction of sp³-hybridized carbons (Fsp3) is 0.143. The largest absolute Gasteiger partial charge is 0.495 e. The van der Waals surface area contributed by atoms with Crippen LogP contribution < -0.4 is 10.5 Å². The molecule has 0 spiro atoms. The molecule has 1 rings (SSSR count). The Labute approximate surface area is 64.5 Å². The minimum atomic E-state index is -0.0346. The molecule has 1 aromatic rings. The van der Waals surface area contributed by atoms with Crippen LogP contribution in [-0.4, -0.2) is 17.9 Å². The molecule has 4 heteroatoms. The second kappa shape index (κ2) is 3.01. The van der Waals surface area contributed by atoms with Gasteiger partial charge in [-0.1, -0.05) is 0 Å². The van der Waals surface area contributed by atoms with Crippen LogP contribution in [0.3, 0.4) is 0 Å². The normalized spacial score (nSPS) is 9.18. The number of amidine groups is 1. The SMILES string of the molecule is COc1ccc(C(=N)N)nc1. The number of aromatic nitrogens is 1. The number of hydrogen-bond acceptors (Lipinski definition) is 3. The van der Waals surface area contributed by atoms with Gasteiger partial charge >= 0.3 is 0 Å². The van der Waals surface area contributed by atoms with Crippen LogP contribution in [0, 0.1) is 5.41 Å². The van der Waals surface area contributed by atoms with Gasteiger partial charge in [-0.15, -0.1) is 0 Å². The number of nitrogens with one attached hydrogen (secondary N) is 1. The smallest absolute Gasteiger partial charge is 0.141 e. The van der Waals surface area contributed by atoms with Crippen molar-refractivity contribution in [1.29, 1.82) is 5.41 Å². The molecule has 3 N–H and O–H groups in total. The molecule has 0 aliphatic heterocycles. The molecule has 11 heavy (non-hydrogen) atoms. The zero-order chi connectivity index (χ0) is 8.27. The average molecular weight is 151 g/mol. The molecule has 0 atom stereocenters. The highest BCUT2D eigenvalue weighted by Gasteiger charge is 1.96. The summed E-state index contributed by atoms with van der Waals surface area (Å²) in [5.74, 6) is 0.627. The summed E-state index contributed by atoms with van der Waals surface area (Å²) < 4.78 is 4.88. The average Bonchev–Trinajstić information content (AvgIpc) is 2.05. The second-order valence-electron chi connectivity index (χ2n) is 2.00. The van der Waals surface area contributed by atoms with Crippen molar-refractivity contribution in [2.24, 2.45) is 5.73 Å². The first-order chi connectivity index (χ1) is 5.24. The Balaban J connectivity index is 2.91. The maximum atomic E-state index is 7.04. The van der Waals surface area contributed by atoms with Crippen LogP contribution >= 0.6 is 0 Å². The van der Waals surface area contributed by atoms with E-state index in [1.54, 1.807) is 19.2 Å². The molecule has 0 unspecified atom stereocenters. The molecule has 0 aliphatic carbocycles. The molecule has 0 bridgehead atoms. The maximum absolute atomic E-state index is 7.04. The van der Waals surface area contributed by atoms with Gasteiger partial charge in [-0.05, 0) is 12.1 Å². The van der Waals surface area contributed by atoms with Gasteiger partial charge in [0.15, 0.2) is 0 Å². The van der Waals surface area contributed by atoms with Crippen molar-refractivity contribution in [2.45, 2.75) is 0 Å². The molecule has 0 amide bonds. The Bertz CT molecular complexity index is 255. The summed E-state index contributed by atoms with van der Waals surface area (Å²) in [5, 5.41) is 7.04. The highest BCUT2D eigenvalue weighted by Crippen LogP contribution is 2.06. The number of hydrogen-bond donors (Lipinski definition) is 2. The quantitative estimate of drug-likeness (QED) is 0.474. The number of methoxy groups -OCH3 is 1. The summed E-state index contributed by atoms with van der Waals surface area (Å²) in [7, 11) is 1.56. The second-order valence-corrected chi connectivity index (χ2v) is 2.00. The van der Waals surface area contributed by atoms with Gasteiger partial charge in [-0.25, -0.2) is 4.98 Å². The lowest BCUT2D eigenvalue weighted by Crippen LogP contribution is -2.12. The Hall–Kier alpha value is -1.58. The van der Waals surface area contributed by atoms with Gasteiger partial charge in [0, 0.05) is 0 Å². The van der Waals surface area contributed by atoms with Crippen LogP contribution in [0.1, 0.15) is 5.69 Å². The Morgan fingerprint density at radius 1 is 1.64 bits per heavy atom. The van der Waals surface area contributed by atoms with Crippen molar-refractivity contribution in [2.75, 3.05) is 7.11 Å². The molecule has 0 aromatic carbocycles.